The number of anilines is 1. The van der Waals surface area contributed by atoms with Gasteiger partial charge in [0.2, 0.25) is 10.0 Å². The van der Waals surface area contributed by atoms with E-state index < -0.39 is 10.0 Å². The number of nitrogens with one attached hydrogen (secondary N) is 1. The highest BCUT2D eigenvalue weighted by molar-refractivity contribution is 7.89. The van der Waals surface area contributed by atoms with Gasteiger partial charge in [-0.15, -0.1) is 0 Å². The molecule has 21 heavy (non-hydrogen) atoms. The number of sulfonamides is 1. The van der Waals surface area contributed by atoms with Gasteiger partial charge in [-0.1, -0.05) is 0 Å². The third-order valence-corrected chi connectivity index (χ3v) is 4.76. The molecular formula is C14H22N2O4S. The van der Waals surface area contributed by atoms with Gasteiger partial charge in [-0.3, -0.25) is 0 Å². The van der Waals surface area contributed by atoms with E-state index in [1.54, 1.807) is 24.3 Å². The molecule has 1 aliphatic heterocycles. The molecule has 6 nitrogen and oxygen atoms in total. The van der Waals surface area contributed by atoms with Crippen molar-refractivity contribution >= 4 is 15.7 Å². The quantitative estimate of drug-likeness (QED) is 0.736. The lowest BCUT2D eigenvalue weighted by atomic mass is 10.0. The van der Waals surface area contributed by atoms with Crippen molar-refractivity contribution in [1.29, 1.82) is 0 Å². The molecular weight excluding hydrogens is 292 g/mol. The van der Waals surface area contributed by atoms with Crippen LogP contribution in [0.1, 0.15) is 19.8 Å². The highest BCUT2D eigenvalue weighted by atomic mass is 32.2. The minimum atomic E-state index is -3.37. The maximum absolute atomic E-state index is 11.9. The highest BCUT2D eigenvalue weighted by Gasteiger charge is 2.30. The van der Waals surface area contributed by atoms with Crippen LogP contribution in [0.15, 0.2) is 24.3 Å². The summed E-state index contributed by atoms with van der Waals surface area (Å²) >= 11 is 0. The Balaban J connectivity index is 1.74. The van der Waals surface area contributed by atoms with Gasteiger partial charge in [0.1, 0.15) is 12.4 Å². The number of ether oxygens (including phenoxy) is 2. The Morgan fingerprint density at radius 2 is 2.10 bits per heavy atom. The minimum Gasteiger partial charge on any atom is -0.492 e. The van der Waals surface area contributed by atoms with Crippen molar-refractivity contribution in [3.05, 3.63) is 24.3 Å². The summed E-state index contributed by atoms with van der Waals surface area (Å²) in [6.07, 6.45) is 1.84. The number of benzene rings is 1. The highest BCUT2D eigenvalue weighted by Crippen LogP contribution is 2.24. The molecule has 0 bridgehead atoms. The van der Waals surface area contributed by atoms with E-state index in [1.807, 2.05) is 6.92 Å². The third-order valence-electron chi connectivity index (χ3n) is 3.47. The third kappa shape index (κ3) is 5.18. The Bertz CT molecular complexity index is 551. The zero-order chi connectivity index (χ0) is 15.3. The van der Waals surface area contributed by atoms with Crippen molar-refractivity contribution in [2.75, 3.05) is 31.2 Å². The molecule has 3 N–H and O–H groups in total. The summed E-state index contributed by atoms with van der Waals surface area (Å²) < 4.78 is 37.3. The first-order valence-corrected chi connectivity index (χ1v) is 8.63. The number of nitrogen functional groups attached to an aromatic ring is 1. The van der Waals surface area contributed by atoms with Crippen molar-refractivity contribution in [2.24, 2.45) is 0 Å². The van der Waals surface area contributed by atoms with Crippen LogP contribution in [0.25, 0.3) is 0 Å². The molecule has 0 saturated carbocycles. The van der Waals surface area contributed by atoms with E-state index in [0.717, 1.165) is 12.8 Å². The van der Waals surface area contributed by atoms with Crippen molar-refractivity contribution in [1.82, 2.24) is 4.72 Å². The van der Waals surface area contributed by atoms with Crippen LogP contribution >= 0.6 is 0 Å². The summed E-state index contributed by atoms with van der Waals surface area (Å²) in [7, 11) is -3.37. The van der Waals surface area contributed by atoms with E-state index >= 15 is 0 Å². The number of hydrogen-bond donors (Lipinski definition) is 2. The van der Waals surface area contributed by atoms with Crippen LogP contribution in [0, 0.1) is 0 Å². The predicted octanol–water partition coefficient (Wildman–Crippen LogP) is 1.14. The van der Waals surface area contributed by atoms with E-state index in [9.17, 15) is 8.42 Å². The molecule has 1 aliphatic rings. The molecule has 0 aromatic heterocycles. The van der Waals surface area contributed by atoms with Gasteiger partial charge < -0.3 is 15.2 Å². The molecule has 118 valence electrons. The van der Waals surface area contributed by atoms with Crippen LogP contribution in [-0.4, -0.2) is 39.5 Å². The topological polar surface area (TPSA) is 90.7 Å². The van der Waals surface area contributed by atoms with Crippen molar-refractivity contribution in [3.8, 4) is 5.75 Å². The van der Waals surface area contributed by atoms with Gasteiger partial charge >= 0.3 is 0 Å². The Hall–Kier alpha value is -1.31. The van der Waals surface area contributed by atoms with Crippen molar-refractivity contribution in [2.45, 2.75) is 25.4 Å². The molecule has 7 heteroatoms. The van der Waals surface area contributed by atoms with E-state index in [2.05, 4.69) is 4.72 Å². The van der Waals surface area contributed by atoms with Gasteiger partial charge in [-0.25, -0.2) is 13.1 Å². The van der Waals surface area contributed by atoms with Gasteiger partial charge in [0.25, 0.3) is 0 Å². The minimum absolute atomic E-state index is 0.0898. The fourth-order valence-corrected chi connectivity index (χ4v) is 3.12. The Morgan fingerprint density at radius 3 is 2.71 bits per heavy atom. The lowest BCUT2D eigenvalue weighted by Gasteiger charge is -2.23. The summed E-state index contributed by atoms with van der Waals surface area (Å²) in [5, 5.41) is 0. The van der Waals surface area contributed by atoms with Crippen molar-refractivity contribution < 1.29 is 17.9 Å². The second-order valence-electron chi connectivity index (χ2n) is 5.46. The van der Waals surface area contributed by atoms with Crippen LogP contribution in [0.3, 0.4) is 0 Å². The average Bonchev–Trinajstić information content (AvgIpc) is 2.87. The van der Waals surface area contributed by atoms with E-state index in [4.69, 9.17) is 15.2 Å². The monoisotopic (exact) mass is 314 g/mol. The standard InChI is InChI=1S/C14H22N2O4S/c1-14(7-2-8-20-14)11-16-21(17,18)10-9-19-13-5-3-12(15)4-6-13/h3-6,16H,2,7-11,15H2,1H3. The molecule has 1 heterocycles. The summed E-state index contributed by atoms with van der Waals surface area (Å²) in [5.74, 6) is 0.512. The normalized spacial score (nSPS) is 22.3. The van der Waals surface area contributed by atoms with Gasteiger partial charge in [0.15, 0.2) is 0 Å². The van der Waals surface area contributed by atoms with Crippen LogP contribution in [-0.2, 0) is 14.8 Å². The Kier molecular flexibility index (Phi) is 5.08. The molecule has 1 atom stereocenters. The van der Waals surface area contributed by atoms with Crippen molar-refractivity contribution in [3.63, 3.8) is 0 Å². The van der Waals surface area contributed by atoms with Gasteiger partial charge in [0.05, 0.1) is 11.4 Å². The molecule has 2 rings (SSSR count). The van der Waals surface area contributed by atoms with E-state index in [1.165, 1.54) is 0 Å². The largest absolute Gasteiger partial charge is 0.492 e. The van der Waals surface area contributed by atoms with E-state index in [0.29, 0.717) is 24.6 Å². The van der Waals surface area contributed by atoms with Gasteiger partial charge in [-0.05, 0) is 44.0 Å². The smallest absolute Gasteiger partial charge is 0.215 e. The predicted molar refractivity (Wildman–Crippen MR) is 81.7 cm³/mol. The first kappa shape index (κ1) is 16.1. The Labute approximate surface area is 125 Å². The van der Waals surface area contributed by atoms with E-state index in [-0.39, 0.29) is 18.0 Å². The molecule has 1 saturated heterocycles. The molecule has 0 aliphatic carbocycles. The fraction of sp³-hybridized carbons (Fsp3) is 0.571. The first-order chi connectivity index (χ1) is 9.89. The average molecular weight is 314 g/mol. The second-order valence-corrected chi connectivity index (χ2v) is 7.39. The van der Waals surface area contributed by atoms with Crippen LogP contribution < -0.4 is 15.2 Å². The maximum Gasteiger partial charge on any atom is 0.215 e. The molecule has 0 radical (unpaired) electrons. The van der Waals surface area contributed by atoms with Gasteiger partial charge in [-0.2, -0.15) is 0 Å². The maximum atomic E-state index is 11.9. The molecule has 1 unspecified atom stereocenters. The lowest BCUT2D eigenvalue weighted by molar-refractivity contribution is 0.0250. The summed E-state index contributed by atoms with van der Waals surface area (Å²) in [4.78, 5) is 0. The summed E-state index contributed by atoms with van der Waals surface area (Å²) in [6.45, 7) is 3.01. The molecule has 1 fully saturated rings. The number of hydrogen-bond acceptors (Lipinski definition) is 5. The zero-order valence-corrected chi connectivity index (χ0v) is 13.0. The lowest BCUT2D eigenvalue weighted by Crippen LogP contribution is -2.41. The number of rotatable bonds is 7. The Morgan fingerprint density at radius 1 is 1.38 bits per heavy atom. The van der Waals surface area contributed by atoms with Gasteiger partial charge in [0, 0.05) is 18.8 Å². The summed E-state index contributed by atoms with van der Waals surface area (Å²) in [5.41, 5.74) is 5.82. The second kappa shape index (κ2) is 6.64. The SMILES string of the molecule is CC1(CNS(=O)(=O)CCOc2ccc(N)cc2)CCCO1. The molecule has 1 aromatic rings. The summed E-state index contributed by atoms with van der Waals surface area (Å²) in [6, 6.07) is 6.84. The van der Waals surface area contributed by atoms with Crippen LogP contribution in [0.5, 0.6) is 5.75 Å². The fourth-order valence-electron chi connectivity index (χ4n) is 2.14. The van der Waals surface area contributed by atoms with Crippen LogP contribution in [0.4, 0.5) is 5.69 Å². The molecule has 0 spiro atoms. The first-order valence-electron chi connectivity index (χ1n) is 6.98. The molecule has 0 amide bonds. The van der Waals surface area contributed by atoms with Crippen LogP contribution in [0.2, 0.25) is 0 Å². The molecule has 1 aromatic carbocycles. The number of nitrogens with two attached hydrogens (primary N) is 1. The zero-order valence-electron chi connectivity index (χ0n) is 12.2.